The number of Topliss-reactive ketones (excluding diaryl/α,β-unsaturated/α-hetero) is 1. The fourth-order valence-corrected chi connectivity index (χ4v) is 7.42. The molecular formula is C19H25BrO2. The predicted molar refractivity (Wildman–Crippen MR) is 89.8 cm³/mol. The number of rotatable bonds is 0. The fraction of sp³-hybridized carbons (Fsp3) is 0.789. The number of alkyl halides is 1. The molecule has 0 radical (unpaired) electrons. The molecule has 6 atom stereocenters. The summed E-state index contributed by atoms with van der Waals surface area (Å²) in [5, 5.41) is 0. The third-order valence-electron chi connectivity index (χ3n) is 7.65. The van der Waals surface area contributed by atoms with E-state index >= 15 is 0 Å². The molecule has 0 saturated heterocycles. The van der Waals surface area contributed by atoms with Crippen molar-refractivity contribution in [2.24, 2.45) is 28.6 Å². The van der Waals surface area contributed by atoms with E-state index in [1.807, 2.05) is 6.08 Å². The summed E-state index contributed by atoms with van der Waals surface area (Å²) in [6.45, 7) is 4.61. The maximum absolute atomic E-state index is 12.4. The van der Waals surface area contributed by atoms with Crippen LogP contribution in [0.5, 0.6) is 0 Å². The second-order valence-electron chi connectivity index (χ2n) is 8.48. The van der Waals surface area contributed by atoms with Gasteiger partial charge in [0.25, 0.3) is 0 Å². The highest BCUT2D eigenvalue weighted by Crippen LogP contribution is 2.65. The van der Waals surface area contributed by atoms with Crippen molar-refractivity contribution >= 4 is 27.5 Å². The van der Waals surface area contributed by atoms with E-state index in [1.165, 1.54) is 5.57 Å². The van der Waals surface area contributed by atoms with Gasteiger partial charge < -0.3 is 0 Å². The van der Waals surface area contributed by atoms with Gasteiger partial charge >= 0.3 is 0 Å². The number of fused-ring (bicyclic) bond motifs is 5. The van der Waals surface area contributed by atoms with E-state index in [2.05, 4.69) is 29.8 Å². The highest BCUT2D eigenvalue weighted by atomic mass is 79.9. The lowest BCUT2D eigenvalue weighted by Crippen LogP contribution is -2.53. The topological polar surface area (TPSA) is 34.1 Å². The first-order valence-electron chi connectivity index (χ1n) is 8.78. The van der Waals surface area contributed by atoms with Gasteiger partial charge in [0.05, 0.1) is 0 Å². The summed E-state index contributed by atoms with van der Waals surface area (Å²) in [5.41, 5.74) is 1.45. The van der Waals surface area contributed by atoms with Crippen LogP contribution >= 0.6 is 15.9 Å². The lowest BCUT2D eigenvalue weighted by Gasteiger charge is -2.58. The van der Waals surface area contributed by atoms with Crippen LogP contribution in [0.1, 0.15) is 58.8 Å². The first kappa shape index (κ1) is 15.1. The van der Waals surface area contributed by atoms with Crippen molar-refractivity contribution in [3.8, 4) is 0 Å². The molecule has 120 valence electrons. The van der Waals surface area contributed by atoms with Gasteiger partial charge in [0.15, 0.2) is 5.78 Å². The van der Waals surface area contributed by atoms with Crippen molar-refractivity contribution in [2.75, 3.05) is 0 Å². The van der Waals surface area contributed by atoms with Crippen molar-refractivity contribution < 1.29 is 9.59 Å². The molecule has 0 heterocycles. The van der Waals surface area contributed by atoms with Crippen LogP contribution in [0, 0.1) is 28.6 Å². The van der Waals surface area contributed by atoms with Crippen molar-refractivity contribution in [1.82, 2.24) is 0 Å². The Hall–Kier alpha value is -0.440. The van der Waals surface area contributed by atoms with E-state index in [1.54, 1.807) is 0 Å². The van der Waals surface area contributed by atoms with Crippen molar-refractivity contribution in [1.29, 1.82) is 0 Å². The highest BCUT2D eigenvalue weighted by molar-refractivity contribution is 9.09. The molecule has 0 spiro atoms. The number of carbonyl (C=O) groups excluding carboxylic acids is 2. The number of halogens is 1. The van der Waals surface area contributed by atoms with Crippen molar-refractivity contribution in [3.05, 3.63) is 11.6 Å². The Labute approximate surface area is 141 Å². The molecule has 0 bridgehead atoms. The fourth-order valence-electron chi connectivity index (χ4n) is 6.33. The standard InChI is InChI=1S/C19H25BrO2/c1-18-7-5-11(21)9-15(18)16(20)10-12-13-3-4-17(22)19(13,2)8-6-14(12)18/h9,12-14,16H,3-8,10H2,1-2H3/t12-,13-,14+,16?,18+,19-/m0/s1. The van der Waals surface area contributed by atoms with E-state index in [4.69, 9.17) is 0 Å². The molecule has 0 aromatic rings. The van der Waals surface area contributed by atoms with Crippen LogP contribution in [0.25, 0.3) is 0 Å². The van der Waals surface area contributed by atoms with Gasteiger partial charge in [-0.3, -0.25) is 9.59 Å². The SMILES string of the molecule is C[C@]12CCC(=O)C=C1C(Br)C[C@@H]1[C@H]2CC[C@]2(C)C(=O)CC[C@@H]12. The Morgan fingerprint density at radius 3 is 2.55 bits per heavy atom. The van der Waals surface area contributed by atoms with Crippen LogP contribution in [0.2, 0.25) is 0 Å². The number of carbonyl (C=O) groups is 2. The molecule has 0 N–H and O–H groups in total. The van der Waals surface area contributed by atoms with Crippen LogP contribution in [0.3, 0.4) is 0 Å². The molecule has 4 aliphatic carbocycles. The summed E-state index contributed by atoms with van der Waals surface area (Å²) in [6, 6.07) is 0. The first-order valence-corrected chi connectivity index (χ1v) is 9.70. The molecule has 0 aromatic carbocycles. The second-order valence-corrected chi connectivity index (χ2v) is 9.59. The minimum absolute atomic E-state index is 0.0596. The molecule has 2 nitrogen and oxygen atoms in total. The lowest BCUT2D eigenvalue weighted by molar-refractivity contribution is -0.132. The van der Waals surface area contributed by atoms with E-state index in [-0.39, 0.29) is 10.8 Å². The number of allylic oxidation sites excluding steroid dienone is 1. The quantitative estimate of drug-likeness (QED) is 0.594. The maximum Gasteiger partial charge on any atom is 0.155 e. The van der Waals surface area contributed by atoms with E-state index in [0.29, 0.717) is 40.6 Å². The molecule has 3 fully saturated rings. The van der Waals surface area contributed by atoms with Gasteiger partial charge in [-0.1, -0.05) is 29.8 Å². The van der Waals surface area contributed by atoms with Gasteiger partial charge in [0.2, 0.25) is 0 Å². The highest BCUT2D eigenvalue weighted by Gasteiger charge is 2.60. The van der Waals surface area contributed by atoms with Gasteiger partial charge in [-0.2, -0.15) is 0 Å². The van der Waals surface area contributed by atoms with Gasteiger partial charge in [0, 0.05) is 23.1 Å². The Kier molecular flexibility index (Phi) is 3.28. The van der Waals surface area contributed by atoms with Crippen molar-refractivity contribution in [2.45, 2.75) is 63.6 Å². The van der Waals surface area contributed by atoms with Crippen LogP contribution in [-0.4, -0.2) is 16.4 Å². The summed E-state index contributed by atoms with van der Waals surface area (Å²) in [6.07, 6.45) is 8.83. The second kappa shape index (κ2) is 4.78. The third-order valence-corrected chi connectivity index (χ3v) is 8.51. The third kappa shape index (κ3) is 1.84. The monoisotopic (exact) mass is 364 g/mol. The largest absolute Gasteiger partial charge is 0.299 e. The van der Waals surface area contributed by atoms with E-state index < -0.39 is 0 Å². The molecule has 1 unspecified atom stereocenters. The molecule has 4 rings (SSSR count). The van der Waals surface area contributed by atoms with Gasteiger partial charge in [0.1, 0.15) is 5.78 Å². The Bertz CT molecular complexity index is 580. The Morgan fingerprint density at radius 2 is 1.77 bits per heavy atom. The number of hydrogen-bond donors (Lipinski definition) is 0. The smallest absolute Gasteiger partial charge is 0.155 e. The van der Waals surface area contributed by atoms with Crippen LogP contribution in [0.4, 0.5) is 0 Å². The predicted octanol–water partition coefficient (Wildman–Crippen LogP) is 4.46. The summed E-state index contributed by atoms with van der Waals surface area (Å²) < 4.78 is 0. The normalized spacial score (nSPS) is 51.0. The molecule has 0 amide bonds. The van der Waals surface area contributed by atoms with Gasteiger partial charge in [-0.25, -0.2) is 0 Å². The lowest BCUT2D eigenvalue weighted by atomic mass is 9.47. The average Bonchev–Trinajstić information content (AvgIpc) is 2.77. The number of ketones is 2. The molecule has 22 heavy (non-hydrogen) atoms. The van der Waals surface area contributed by atoms with Gasteiger partial charge in [-0.15, -0.1) is 0 Å². The van der Waals surface area contributed by atoms with Crippen LogP contribution < -0.4 is 0 Å². The Balaban J connectivity index is 1.74. The van der Waals surface area contributed by atoms with Crippen LogP contribution in [-0.2, 0) is 9.59 Å². The minimum atomic E-state index is -0.0596. The van der Waals surface area contributed by atoms with E-state index in [0.717, 1.165) is 38.5 Å². The van der Waals surface area contributed by atoms with E-state index in [9.17, 15) is 9.59 Å². The minimum Gasteiger partial charge on any atom is -0.299 e. The zero-order valence-corrected chi connectivity index (χ0v) is 15.1. The van der Waals surface area contributed by atoms with Gasteiger partial charge in [-0.05, 0) is 66.9 Å². The summed E-state index contributed by atoms with van der Waals surface area (Å²) in [7, 11) is 0. The number of hydrogen-bond acceptors (Lipinski definition) is 2. The maximum atomic E-state index is 12.4. The summed E-state index contributed by atoms with van der Waals surface area (Å²) in [4.78, 5) is 24.6. The zero-order chi connectivity index (χ0) is 15.7. The van der Waals surface area contributed by atoms with Crippen LogP contribution in [0.15, 0.2) is 11.6 Å². The molecule has 0 aromatic heterocycles. The molecule has 3 saturated carbocycles. The summed E-state index contributed by atoms with van der Waals surface area (Å²) >= 11 is 3.88. The zero-order valence-electron chi connectivity index (χ0n) is 13.5. The molecule has 4 aliphatic rings. The molecular weight excluding hydrogens is 340 g/mol. The first-order chi connectivity index (χ1) is 10.4. The van der Waals surface area contributed by atoms with Crippen molar-refractivity contribution in [3.63, 3.8) is 0 Å². The molecule has 3 heteroatoms. The Morgan fingerprint density at radius 1 is 1.05 bits per heavy atom. The molecule has 0 aliphatic heterocycles. The average molecular weight is 365 g/mol. The summed E-state index contributed by atoms with van der Waals surface area (Å²) in [5.74, 6) is 2.67.